The number of fused-ring (bicyclic) bond motifs is 1. The van der Waals surface area contributed by atoms with Gasteiger partial charge in [0.1, 0.15) is 6.10 Å². The highest BCUT2D eigenvalue weighted by molar-refractivity contribution is 7.18. The summed E-state index contributed by atoms with van der Waals surface area (Å²) < 4.78 is 18.6. The van der Waals surface area contributed by atoms with Crippen LogP contribution in [0.2, 0.25) is 0 Å². The van der Waals surface area contributed by atoms with Crippen molar-refractivity contribution in [1.29, 1.82) is 0 Å². The molecule has 0 aromatic carbocycles. The number of ether oxygens (including phenoxy) is 2. The summed E-state index contributed by atoms with van der Waals surface area (Å²) in [6, 6.07) is 4.38. The molecule has 0 spiro atoms. The summed E-state index contributed by atoms with van der Waals surface area (Å²) in [6.07, 6.45) is 5.65. The predicted octanol–water partition coefficient (Wildman–Crippen LogP) is 4.05. The molecule has 1 aliphatic rings. The van der Waals surface area contributed by atoms with Crippen molar-refractivity contribution in [1.82, 2.24) is 29.7 Å². The van der Waals surface area contributed by atoms with Crippen LogP contribution in [-0.4, -0.2) is 56.0 Å². The lowest BCUT2D eigenvalue weighted by molar-refractivity contribution is 0.130. The lowest BCUT2D eigenvalue weighted by Crippen LogP contribution is -2.38. The number of imidazole rings is 1. The van der Waals surface area contributed by atoms with E-state index in [1.807, 2.05) is 18.3 Å². The molecule has 4 aromatic rings. The number of hydrogen-bond donors (Lipinski definition) is 0. The first-order valence-corrected chi connectivity index (χ1v) is 11.9. The summed E-state index contributed by atoms with van der Waals surface area (Å²) in [5, 5.41) is 9.28. The standard InChI is InChI=1S/C22H27N7O3S/c1-13(2)19-25-20(32-27-19)28-9-6-15(7-10-28)14(3)31-22-26-29-12-17(24-21(29)33-22)16-5-8-23-18(11-16)30-4/h5,8,11-15H,6-7,9-10H2,1-4H3. The van der Waals surface area contributed by atoms with Gasteiger partial charge in [-0.3, -0.25) is 0 Å². The molecule has 1 fully saturated rings. The van der Waals surface area contributed by atoms with Gasteiger partial charge in [-0.25, -0.2) is 14.5 Å². The lowest BCUT2D eigenvalue weighted by Gasteiger charge is -2.33. The molecule has 0 aliphatic carbocycles. The van der Waals surface area contributed by atoms with E-state index >= 15 is 0 Å². The van der Waals surface area contributed by atoms with Gasteiger partial charge >= 0.3 is 6.01 Å². The van der Waals surface area contributed by atoms with Crippen LogP contribution < -0.4 is 14.4 Å². The number of methoxy groups -OCH3 is 1. The molecule has 4 aromatic heterocycles. The van der Waals surface area contributed by atoms with Gasteiger partial charge in [0, 0.05) is 36.8 Å². The number of anilines is 1. The Labute approximate surface area is 195 Å². The minimum Gasteiger partial charge on any atom is -0.481 e. The maximum Gasteiger partial charge on any atom is 0.324 e. The molecule has 11 heteroatoms. The Morgan fingerprint density at radius 1 is 1.18 bits per heavy atom. The number of hydrogen-bond acceptors (Lipinski definition) is 10. The van der Waals surface area contributed by atoms with Crippen LogP contribution >= 0.6 is 11.3 Å². The van der Waals surface area contributed by atoms with Crippen LogP contribution in [0.1, 0.15) is 45.4 Å². The van der Waals surface area contributed by atoms with Gasteiger partial charge in [-0.2, -0.15) is 4.98 Å². The van der Waals surface area contributed by atoms with E-state index in [-0.39, 0.29) is 12.0 Å². The van der Waals surface area contributed by atoms with Gasteiger partial charge in [0.05, 0.1) is 19.0 Å². The SMILES string of the molecule is COc1cc(-c2cn3nc(OC(C)C4CCN(c5nc(C(C)C)no5)CC4)sc3n2)ccn1. The Balaban J connectivity index is 1.19. The zero-order valence-electron chi connectivity index (χ0n) is 19.1. The van der Waals surface area contributed by atoms with E-state index in [9.17, 15) is 0 Å². The van der Waals surface area contributed by atoms with Crippen molar-refractivity contribution >= 4 is 22.3 Å². The first kappa shape index (κ1) is 21.6. The second-order valence-electron chi connectivity index (χ2n) is 8.55. The molecule has 174 valence electrons. The van der Waals surface area contributed by atoms with E-state index < -0.39 is 0 Å². The Bertz CT molecular complexity index is 1190. The van der Waals surface area contributed by atoms with E-state index in [1.165, 1.54) is 11.3 Å². The number of piperidine rings is 1. The molecule has 0 bridgehead atoms. The van der Waals surface area contributed by atoms with Crippen molar-refractivity contribution in [2.75, 3.05) is 25.1 Å². The molecular formula is C22H27N7O3S. The van der Waals surface area contributed by atoms with Crippen LogP contribution in [0.5, 0.6) is 11.1 Å². The summed E-state index contributed by atoms with van der Waals surface area (Å²) in [6.45, 7) is 7.98. The maximum absolute atomic E-state index is 6.20. The zero-order valence-corrected chi connectivity index (χ0v) is 19.9. The fourth-order valence-electron chi connectivity index (χ4n) is 3.95. The molecule has 0 saturated carbocycles. The highest BCUT2D eigenvalue weighted by Crippen LogP contribution is 2.31. The van der Waals surface area contributed by atoms with Crippen LogP contribution in [0.15, 0.2) is 29.0 Å². The van der Waals surface area contributed by atoms with Crippen molar-refractivity contribution in [3.8, 4) is 22.3 Å². The van der Waals surface area contributed by atoms with Crippen LogP contribution in [0, 0.1) is 5.92 Å². The second-order valence-corrected chi connectivity index (χ2v) is 9.46. The van der Waals surface area contributed by atoms with Gasteiger partial charge in [-0.1, -0.05) is 19.0 Å². The highest BCUT2D eigenvalue weighted by atomic mass is 32.1. The van der Waals surface area contributed by atoms with Crippen LogP contribution in [-0.2, 0) is 0 Å². The molecule has 1 aliphatic heterocycles. The minimum atomic E-state index is 0.0563. The number of aromatic nitrogens is 6. The van der Waals surface area contributed by atoms with Gasteiger partial charge in [-0.15, -0.1) is 5.10 Å². The smallest absolute Gasteiger partial charge is 0.324 e. The Morgan fingerprint density at radius 3 is 2.70 bits per heavy atom. The third-order valence-corrected chi connectivity index (χ3v) is 6.79. The molecule has 0 N–H and O–H groups in total. The van der Waals surface area contributed by atoms with Gasteiger partial charge in [0.25, 0.3) is 5.19 Å². The monoisotopic (exact) mass is 469 g/mol. The summed E-state index contributed by atoms with van der Waals surface area (Å²) in [5.74, 6) is 2.00. The summed E-state index contributed by atoms with van der Waals surface area (Å²) >= 11 is 1.45. The molecular weight excluding hydrogens is 442 g/mol. The molecule has 33 heavy (non-hydrogen) atoms. The van der Waals surface area contributed by atoms with E-state index in [0.29, 0.717) is 23.0 Å². The third kappa shape index (κ3) is 4.50. The predicted molar refractivity (Wildman–Crippen MR) is 124 cm³/mol. The van der Waals surface area contributed by atoms with E-state index in [2.05, 4.69) is 50.9 Å². The molecule has 5 rings (SSSR count). The van der Waals surface area contributed by atoms with Gasteiger partial charge in [-0.05, 0) is 43.1 Å². The quantitative estimate of drug-likeness (QED) is 0.396. The summed E-state index contributed by atoms with van der Waals surface area (Å²) in [5.41, 5.74) is 1.76. The fourth-order valence-corrected chi connectivity index (χ4v) is 4.77. The molecule has 10 nitrogen and oxygen atoms in total. The summed E-state index contributed by atoms with van der Waals surface area (Å²) in [4.78, 5) is 16.3. The van der Waals surface area contributed by atoms with Gasteiger partial charge < -0.3 is 18.9 Å². The molecule has 0 amide bonds. The van der Waals surface area contributed by atoms with Crippen molar-refractivity contribution < 1.29 is 14.0 Å². The molecule has 0 radical (unpaired) electrons. The van der Waals surface area contributed by atoms with Crippen LogP contribution in [0.4, 0.5) is 6.01 Å². The average molecular weight is 470 g/mol. The lowest BCUT2D eigenvalue weighted by atomic mass is 9.92. The molecule has 1 saturated heterocycles. The molecule has 5 heterocycles. The Kier molecular flexibility index (Phi) is 5.88. The normalized spacial score (nSPS) is 16.0. The highest BCUT2D eigenvalue weighted by Gasteiger charge is 2.28. The molecule has 1 atom stereocenters. The van der Waals surface area contributed by atoms with Crippen LogP contribution in [0.25, 0.3) is 16.2 Å². The zero-order chi connectivity index (χ0) is 22.9. The Hall–Kier alpha value is -3.21. The topological polar surface area (TPSA) is 104 Å². The maximum atomic E-state index is 6.20. The van der Waals surface area contributed by atoms with E-state index in [1.54, 1.807) is 17.8 Å². The Morgan fingerprint density at radius 2 is 2.00 bits per heavy atom. The van der Waals surface area contributed by atoms with E-state index in [4.69, 9.17) is 14.0 Å². The first-order valence-electron chi connectivity index (χ1n) is 11.1. The van der Waals surface area contributed by atoms with E-state index in [0.717, 1.165) is 48.0 Å². The van der Waals surface area contributed by atoms with Crippen molar-refractivity contribution in [2.45, 2.75) is 45.6 Å². The average Bonchev–Trinajstić information content (AvgIpc) is 3.54. The number of nitrogens with zero attached hydrogens (tertiary/aromatic N) is 7. The first-order chi connectivity index (χ1) is 16.0. The third-order valence-electron chi connectivity index (χ3n) is 5.97. The molecule has 1 unspecified atom stereocenters. The number of pyridine rings is 1. The van der Waals surface area contributed by atoms with Crippen molar-refractivity contribution in [3.63, 3.8) is 0 Å². The van der Waals surface area contributed by atoms with Crippen LogP contribution in [0.3, 0.4) is 0 Å². The van der Waals surface area contributed by atoms with Crippen molar-refractivity contribution in [2.24, 2.45) is 5.92 Å². The van der Waals surface area contributed by atoms with Crippen molar-refractivity contribution in [3.05, 3.63) is 30.4 Å². The van der Waals surface area contributed by atoms with Gasteiger partial charge in [0.15, 0.2) is 5.82 Å². The number of rotatable bonds is 7. The minimum absolute atomic E-state index is 0.0563. The fraction of sp³-hybridized carbons (Fsp3) is 0.500. The second kappa shape index (κ2) is 8.97. The van der Waals surface area contributed by atoms with Gasteiger partial charge in [0.2, 0.25) is 10.8 Å². The largest absolute Gasteiger partial charge is 0.481 e. The summed E-state index contributed by atoms with van der Waals surface area (Å²) in [7, 11) is 1.60.